The van der Waals surface area contributed by atoms with Gasteiger partial charge in [0.2, 0.25) is 0 Å². The highest BCUT2D eigenvalue weighted by Gasteiger charge is 2.15. The lowest BCUT2D eigenvalue weighted by Gasteiger charge is -2.07. The third kappa shape index (κ3) is 3.82. The lowest BCUT2D eigenvalue weighted by Crippen LogP contribution is -2.14. The summed E-state index contributed by atoms with van der Waals surface area (Å²) in [5.74, 6) is 3.95. The number of hydrogen-bond acceptors (Lipinski definition) is 2. The van der Waals surface area contributed by atoms with Gasteiger partial charge in [-0.2, -0.15) is 0 Å². The fraction of sp³-hybridized carbons (Fsp3) is 0.0625. The van der Waals surface area contributed by atoms with Gasteiger partial charge in [-0.25, -0.2) is 4.39 Å². The second kappa shape index (κ2) is 6.89. The number of anilines is 1. The first-order chi connectivity index (χ1) is 10.1. The molecule has 2 aromatic carbocycles. The molecule has 2 aromatic rings. The van der Waals surface area contributed by atoms with E-state index >= 15 is 0 Å². The van der Waals surface area contributed by atoms with Crippen LogP contribution in [0.1, 0.15) is 15.9 Å². The van der Waals surface area contributed by atoms with Crippen LogP contribution in [0.3, 0.4) is 0 Å². The van der Waals surface area contributed by atoms with Crippen LogP contribution in [0, 0.1) is 17.7 Å². The minimum absolute atomic E-state index is 0.0536. The molecule has 5 heteroatoms. The molecule has 0 saturated heterocycles. The normalized spacial score (nSPS) is 9.67. The van der Waals surface area contributed by atoms with E-state index in [1.54, 1.807) is 24.3 Å². The Bertz CT molecular complexity index is 697. The molecule has 0 bridgehead atoms. The van der Waals surface area contributed by atoms with Gasteiger partial charge in [0.15, 0.2) is 0 Å². The number of aliphatic hydroxyl groups excluding tert-OH is 1. The van der Waals surface area contributed by atoms with Crippen molar-refractivity contribution in [1.29, 1.82) is 0 Å². The average molecular weight is 304 g/mol. The Kier molecular flexibility index (Phi) is 4.94. The Morgan fingerprint density at radius 3 is 2.57 bits per heavy atom. The summed E-state index contributed by atoms with van der Waals surface area (Å²) in [4.78, 5) is 12.0. The highest BCUT2D eigenvalue weighted by molar-refractivity contribution is 6.34. The van der Waals surface area contributed by atoms with Crippen molar-refractivity contribution in [2.75, 3.05) is 11.9 Å². The van der Waals surface area contributed by atoms with Crippen molar-refractivity contribution in [3.8, 4) is 11.8 Å². The molecular weight excluding hydrogens is 293 g/mol. The summed E-state index contributed by atoms with van der Waals surface area (Å²) in [7, 11) is 0. The summed E-state index contributed by atoms with van der Waals surface area (Å²) >= 11 is 5.83. The first-order valence-electron chi connectivity index (χ1n) is 6.07. The van der Waals surface area contributed by atoms with E-state index < -0.39 is 11.7 Å². The molecule has 0 aliphatic heterocycles. The molecule has 3 nitrogen and oxygen atoms in total. The van der Waals surface area contributed by atoms with Gasteiger partial charge in [-0.1, -0.05) is 29.5 Å². The first-order valence-corrected chi connectivity index (χ1v) is 6.45. The molecule has 0 fully saturated rings. The summed E-state index contributed by atoms with van der Waals surface area (Å²) in [6, 6.07) is 10.7. The van der Waals surface area contributed by atoms with Gasteiger partial charge in [0.05, 0.1) is 10.6 Å². The van der Waals surface area contributed by atoms with Crippen LogP contribution in [0.2, 0.25) is 5.02 Å². The monoisotopic (exact) mass is 303 g/mol. The minimum atomic E-state index is -0.676. The average Bonchev–Trinajstić information content (AvgIpc) is 2.46. The third-order valence-corrected chi connectivity index (χ3v) is 2.96. The molecule has 0 aliphatic carbocycles. The van der Waals surface area contributed by atoms with Crippen molar-refractivity contribution in [2.24, 2.45) is 0 Å². The predicted molar refractivity (Wildman–Crippen MR) is 79.8 cm³/mol. The van der Waals surface area contributed by atoms with E-state index in [1.165, 1.54) is 18.2 Å². The van der Waals surface area contributed by atoms with Crippen LogP contribution < -0.4 is 5.32 Å². The van der Waals surface area contributed by atoms with Gasteiger partial charge in [-0.3, -0.25) is 4.79 Å². The van der Waals surface area contributed by atoms with E-state index in [-0.39, 0.29) is 17.2 Å². The number of nitrogens with one attached hydrogen (secondary N) is 1. The zero-order valence-corrected chi connectivity index (χ0v) is 11.6. The zero-order chi connectivity index (χ0) is 15.2. The maximum atomic E-state index is 13.6. The number of carbonyl (C=O) groups is 1. The van der Waals surface area contributed by atoms with Gasteiger partial charge in [-0.15, -0.1) is 0 Å². The molecule has 2 rings (SSSR count). The maximum absolute atomic E-state index is 13.6. The summed E-state index contributed by atoms with van der Waals surface area (Å²) < 4.78 is 13.6. The standard InChI is InChI=1S/C16H11ClFNO2/c17-13-4-1-5-14(18)15(13)16(21)19-12-8-6-11(7-9-12)3-2-10-20/h1,4-9,20H,10H2,(H,19,21). The van der Waals surface area contributed by atoms with Crippen molar-refractivity contribution >= 4 is 23.2 Å². The second-order valence-corrected chi connectivity index (χ2v) is 4.50. The predicted octanol–water partition coefficient (Wildman–Crippen LogP) is 3.08. The lowest BCUT2D eigenvalue weighted by atomic mass is 10.1. The molecule has 2 N–H and O–H groups in total. The second-order valence-electron chi connectivity index (χ2n) is 4.09. The molecule has 0 aromatic heterocycles. The van der Waals surface area contributed by atoms with Gasteiger partial charge in [-0.05, 0) is 36.4 Å². The maximum Gasteiger partial charge on any atom is 0.260 e. The Hall–Kier alpha value is -2.35. The summed E-state index contributed by atoms with van der Waals surface area (Å²) in [6.45, 7) is -0.218. The van der Waals surface area contributed by atoms with E-state index in [2.05, 4.69) is 17.2 Å². The quantitative estimate of drug-likeness (QED) is 0.838. The molecule has 0 heterocycles. The Labute approximate surface area is 126 Å². The van der Waals surface area contributed by atoms with E-state index in [1.807, 2.05) is 0 Å². The van der Waals surface area contributed by atoms with Gasteiger partial charge in [0, 0.05) is 11.3 Å². The van der Waals surface area contributed by atoms with Crippen LogP contribution in [0.5, 0.6) is 0 Å². The Morgan fingerprint density at radius 1 is 1.24 bits per heavy atom. The SMILES string of the molecule is O=C(Nc1ccc(C#CCO)cc1)c1c(F)cccc1Cl. The largest absolute Gasteiger partial charge is 0.384 e. The third-order valence-electron chi connectivity index (χ3n) is 2.64. The van der Waals surface area contributed by atoms with Crippen molar-refractivity contribution in [3.63, 3.8) is 0 Å². The molecule has 0 radical (unpaired) electrons. The molecule has 21 heavy (non-hydrogen) atoms. The lowest BCUT2D eigenvalue weighted by molar-refractivity contribution is 0.102. The number of rotatable bonds is 2. The number of halogens is 2. The summed E-state index contributed by atoms with van der Waals surface area (Å²) in [5, 5.41) is 11.2. The van der Waals surface area contributed by atoms with Crippen LogP contribution in [0.25, 0.3) is 0 Å². The minimum Gasteiger partial charge on any atom is -0.384 e. The van der Waals surface area contributed by atoms with Gasteiger partial charge >= 0.3 is 0 Å². The molecule has 0 unspecified atom stereocenters. The molecule has 0 saturated carbocycles. The van der Waals surface area contributed by atoms with Crippen LogP contribution in [-0.2, 0) is 0 Å². The van der Waals surface area contributed by atoms with Gasteiger partial charge in [0.25, 0.3) is 5.91 Å². The molecule has 106 valence electrons. The summed E-state index contributed by atoms with van der Waals surface area (Å²) in [6.07, 6.45) is 0. The van der Waals surface area contributed by atoms with Crippen LogP contribution >= 0.6 is 11.6 Å². The number of carbonyl (C=O) groups excluding carboxylic acids is 1. The number of hydrogen-bond donors (Lipinski definition) is 2. The first kappa shape index (κ1) is 15.0. The van der Waals surface area contributed by atoms with Crippen molar-refractivity contribution in [2.45, 2.75) is 0 Å². The Balaban J connectivity index is 2.16. The van der Waals surface area contributed by atoms with Crippen LogP contribution in [0.15, 0.2) is 42.5 Å². The van der Waals surface area contributed by atoms with Crippen molar-refractivity contribution < 1.29 is 14.3 Å². The van der Waals surface area contributed by atoms with Gasteiger partial charge in [0.1, 0.15) is 12.4 Å². The smallest absolute Gasteiger partial charge is 0.260 e. The fourth-order valence-corrected chi connectivity index (χ4v) is 1.94. The van der Waals surface area contributed by atoms with Crippen molar-refractivity contribution in [3.05, 3.63) is 64.4 Å². The van der Waals surface area contributed by atoms with E-state index in [0.29, 0.717) is 11.3 Å². The van der Waals surface area contributed by atoms with E-state index in [9.17, 15) is 9.18 Å². The van der Waals surface area contributed by atoms with Gasteiger partial charge < -0.3 is 10.4 Å². The van der Waals surface area contributed by atoms with E-state index in [0.717, 1.165) is 0 Å². The van der Waals surface area contributed by atoms with Crippen molar-refractivity contribution in [1.82, 2.24) is 0 Å². The molecule has 1 amide bonds. The summed E-state index contributed by atoms with van der Waals surface area (Å²) in [5.41, 5.74) is 1.00. The fourth-order valence-electron chi connectivity index (χ4n) is 1.69. The molecule has 0 spiro atoms. The van der Waals surface area contributed by atoms with Crippen LogP contribution in [0.4, 0.5) is 10.1 Å². The topological polar surface area (TPSA) is 49.3 Å². The zero-order valence-electron chi connectivity index (χ0n) is 10.9. The highest BCUT2D eigenvalue weighted by atomic mass is 35.5. The number of aliphatic hydroxyl groups is 1. The van der Waals surface area contributed by atoms with Crippen LogP contribution in [-0.4, -0.2) is 17.6 Å². The highest BCUT2D eigenvalue weighted by Crippen LogP contribution is 2.20. The number of amides is 1. The molecule has 0 aliphatic rings. The number of benzene rings is 2. The van der Waals surface area contributed by atoms with E-state index in [4.69, 9.17) is 16.7 Å². The Morgan fingerprint density at radius 2 is 1.95 bits per heavy atom. The molecular formula is C16H11ClFNO2. The molecule has 0 atom stereocenters.